The van der Waals surface area contributed by atoms with E-state index in [9.17, 15) is 14.4 Å². The van der Waals surface area contributed by atoms with Gasteiger partial charge in [0.15, 0.2) is 0 Å². The van der Waals surface area contributed by atoms with Gasteiger partial charge in [-0.1, -0.05) is 27.7 Å². The summed E-state index contributed by atoms with van der Waals surface area (Å²) >= 11 is 0. The van der Waals surface area contributed by atoms with E-state index in [1.54, 1.807) is 0 Å². The minimum absolute atomic E-state index is 0.486. The van der Waals surface area contributed by atoms with Gasteiger partial charge in [0.25, 0.3) is 0 Å². The fourth-order valence-electron chi connectivity index (χ4n) is 1.37. The maximum absolute atomic E-state index is 11.7. The van der Waals surface area contributed by atoms with Gasteiger partial charge in [0.1, 0.15) is 10.9 Å². The summed E-state index contributed by atoms with van der Waals surface area (Å²) in [6.07, 6.45) is 2.68. The third-order valence-corrected chi connectivity index (χ3v) is 4.06. The highest BCUT2D eigenvalue weighted by Gasteiger charge is 2.21. The molecule has 2 atom stereocenters. The van der Waals surface area contributed by atoms with Gasteiger partial charge in [0.05, 0.1) is 10.8 Å². The van der Waals surface area contributed by atoms with Crippen LogP contribution in [-0.4, -0.2) is 25.3 Å². The molecule has 0 saturated heterocycles. The van der Waals surface area contributed by atoms with Crippen LogP contribution in [0.3, 0.4) is 0 Å². The topological polar surface area (TPSA) is 57.5 Å². The zero-order valence-electron chi connectivity index (χ0n) is 10.8. The monoisotopic (exact) mass is 250 g/mol. The lowest BCUT2D eigenvalue weighted by Crippen LogP contribution is -2.26. The molecule has 0 aliphatic heterocycles. The number of rotatable bonds is 8. The van der Waals surface area contributed by atoms with Crippen LogP contribution in [0.4, 0.5) is 0 Å². The summed E-state index contributed by atoms with van der Waals surface area (Å²) in [7, 11) is -1.53. The van der Waals surface area contributed by atoms with Crippen molar-refractivity contribution in [1.82, 2.24) is 0 Å². The van der Waals surface area contributed by atoms with Crippen LogP contribution in [-0.2, 0) is 10.8 Å². The molecule has 0 rings (SSSR count). The first kappa shape index (κ1) is 16.1. The second-order valence-corrected chi connectivity index (χ2v) is 6.93. The molecule has 16 heavy (non-hydrogen) atoms. The number of aliphatic hydroxyl groups excluding tert-OH is 2. The van der Waals surface area contributed by atoms with E-state index in [2.05, 4.69) is 27.7 Å². The molecule has 0 saturated carbocycles. The zero-order valence-corrected chi connectivity index (χ0v) is 11.7. The molecule has 98 valence electrons. The van der Waals surface area contributed by atoms with E-state index in [0.717, 1.165) is 12.8 Å². The Morgan fingerprint density at radius 2 is 1.12 bits per heavy atom. The molecule has 0 fully saturated rings. The summed E-state index contributed by atoms with van der Waals surface area (Å²) in [4.78, 5) is 0. The van der Waals surface area contributed by atoms with Crippen LogP contribution < -0.4 is 0 Å². The predicted octanol–water partition coefficient (Wildman–Crippen LogP) is 2.24. The van der Waals surface area contributed by atoms with Crippen molar-refractivity contribution in [3.05, 3.63) is 0 Å². The van der Waals surface area contributed by atoms with E-state index in [4.69, 9.17) is 0 Å². The second kappa shape index (κ2) is 8.20. The summed E-state index contributed by atoms with van der Waals surface area (Å²) in [5, 5.41) is 19.3. The molecule has 2 N–H and O–H groups in total. The van der Waals surface area contributed by atoms with Crippen molar-refractivity contribution in [2.24, 2.45) is 11.8 Å². The smallest absolute Gasteiger partial charge is 0.131 e. The molecule has 0 aromatic carbocycles. The third-order valence-electron chi connectivity index (χ3n) is 2.52. The fourth-order valence-corrected chi connectivity index (χ4v) is 2.46. The summed E-state index contributed by atoms with van der Waals surface area (Å²) in [5.41, 5.74) is -1.77. The minimum atomic E-state index is -1.53. The molecule has 0 amide bonds. The molecule has 3 nitrogen and oxygen atoms in total. The van der Waals surface area contributed by atoms with Gasteiger partial charge < -0.3 is 10.2 Å². The summed E-state index contributed by atoms with van der Waals surface area (Å²) < 4.78 is 11.7. The van der Waals surface area contributed by atoms with Crippen molar-refractivity contribution in [2.75, 3.05) is 0 Å². The van der Waals surface area contributed by atoms with Crippen LogP contribution >= 0.6 is 0 Å². The number of hydrogen-bond donors (Lipinski definition) is 2. The molecule has 0 aromatic heterocycles. The first-order chi connectivity index (χ1) is 7.34. The van der Waals surface area contributed by atoms with E-state index in [-0.39, 0.29) is 0 Å². The lowest BCUT2D eigenvalue weighted by molar-refractivity contribution is 0.203. The Kier molecular flexibility index (Phi) is 8.24. The van der Waals surface area contributed by atoms with Crippen molar-refractivity contribution in [3.63, 3.8) is 0 Å². The van der Waals surface area contributed by atoms with Crippen LogP contribution in [0.5, 0.6) is 0 Å². The molecule has 2 unspecified atom stereocenters. The first-order valence-electron chi connectivity index (χ1n) is 6.10. The Balaban J connectivity index is 3.91. The van der Waals surface area contributed by atoms with Crippen molar-refractivity contribution in [2.45, 2.75) is 64.3 Å². The highest BCUT2D eigenvalue weighted by Crippen LogP contribution is 2.15. The molecule has 0 aliphatic carbocycles. The Hall–Kier alpha value is 0.0700. The van der Waals surface area contributed by atoms with Gasteiger partial charge in [-0.25, -0.2) is 0 Å². The van der Waals surface area contributed by atoms with Gasteiger partial charge in [-0.15, -0.1) is 0 Å². The Bertz CT molecular complexity index is 184. The Morgan fingerprint density at radius 1 is 0.812 bits per heavy atom. The predicted molar refractivity (Wildman–Crippen MR) is 68.3 cm³/mol. The molecule has 0 spiro atoms. The van der Waals surface area contributed by atoms with Crippen LogP contribution in [0.2, 0.25) is 0 Å². The largest absolute Gasteiger partial charge is 0.380 e. The maximum atomic E-state index is 11.7. The normalized spacial score (nSPS) is 17.8. The van der Waals surface area contributed by atoms with Crippen LogP contribution in [0.15, 0.2) is 0 Å². The lowest BCUT2D eigenvalue weighted by Gasteiger charge is -2.17. The zero-order chi connectivity index (χ0) is 12.7. The summed E-state index contributed by atoms with van der Waals surface area (Å²) in [6.45, 7) is 8.24. The van der Waals surface area contributed by atoms with Gasteiger partial charge in [-0.3, -0.25) is 4.21 Å². The van der Waals surface area contributed by atoms with Crippen LogP contribution in [0, 0.1) is 11.8 Å². The average Bonchev–Trinajstić information content (AvgIpc) is 2.21. The molecular formula is C12H26O3S. The van der Waals surface area contributed by atoms with Crippen molar-refractivity contribution in [3.8, 4) is 0 Å². The Labute approximate surface area is 102 Å². The van der Waals surface area contributed by atoms with Crippen molar-refractivity contribution in [1.29, 1.82) is 0 Å². The van der Waals surface area contributed by atoms with Gasteiger partial charge >= 0.3 is 0 Å². The molecular weight excluding hydrogens is 224 g/mol. The lowest BCUT2D eigenvalue weighted by atomic mass is 10.1. The van der Waals surface area contributed by atoms with E-state index in [1.165, 1.54) is 0 Å². The number of aliphatic hydroxyl groups is 2. The van der Waals surface area contributed by atoms with E-state index in [1.807, 2.05) is 0 Å². The van der Waals surface area contributed by atoms with E-state index in [0.29, 0.717) is 24.7 Å². The molecule has 4 heteroatoms. The van der Waals surface area contributed by atoms with Crippen molar-refractivity contribution < 1.29 is 14.4 Å². The second-order valence-electron chi connectivity index (χ2n) is 5.18. The van der Waals surface area contributed by atoms with Crippen LogP contribution in [0.1, 0.15) is 53.4 Å². The van der Waals surface area contributed by atoms with E-state index < -0.39 is 21.7 Å². The minimum Gasteiger partial charge on any atom is -0.380 e. The van der Waals surface area contributed by atoms with E-state index >= 15 is 0 Å². The quantitative estimate of drug-likeness (QED) is 0.694. The highest BCUT2D eigenvalue weighted by atomic mass is 32.2. The van der Waals surface area contributed by atoms with Crippen LogP contribution in [0.25, 0.3) is 0 Å². The van der Waals surface area contributed by atoms with Gasteiger partial charge in [0, 0.05) is 0 Å². The van der Waals surface area contributed by atoms with Gasteiger partial charge in [-0.05, 0) is 37.5 Å². The van der Waals surface area contributed by atoms with Crippen molar-refractivity contribution >= 4 is 10.8 Å². The molecule has 0 aromatic rings. The maximum Gasteiger partial charge on any atom is 0.131 e. The average molecular weight is 250 g/mol. The molecule has 0 heterocycles. The highest BCUT2D eigenvalue weighted by molar-refractivity contribution is 7.85. The van der Waals surface area contributed by atoms with Gasteiger partial charge in [-0.2, -0.15) is 0 Å². The SMILES string of the molecule is CC(C)CCC(O)S(=O)C(O)CCC(C)C. The van der Waals surface area contributed by atoms with Gasteiger partial charge in [0.2, 0.25) is 0 Å². The fraction of sp³-hybridized carbons (Fsp3) is 1.00. The first-order valence-corrected chi connectivity index (χ1v) is 7.37. The Morgan fingerprint density at radius 3 is 1.38 bits per heavy atom. The summed E-state index contributed by atoms with van der Waals surface area (Å²) in [6, 6.07) is 0. The standard InChI is InChI=1S/C12H26O3S/c1-9(2)5-7-11(13)16(15)12(14)8-6-10(3)4/h9-14H,5-8H2,1-4H3. The summed E-state index contributed by atoms with van der Waals surface area (Å²) in [5.74, 6) is 0.971. The number of hydrogen-bond acceptors (Lipinski definition) is 3. The molecule has 0 radical (unpaired) electrons. The third kappa shape index (κ3) is 7.36. The molecule has 0 aliphatic rings. The molecule has 0 bridgehead atoms.